The molecule has 3 heteroatoms. The van der Waals surface area contributed by atoms with Crippen molar-refractivity contribution >= 4 is 15.9 Å². The molecule has 1 aromatic carbocycles. The maximum absolute atomic E-state index is 8.75. The molecule has 0 unspecified atom stereocenters. The summed E-state index contributed by atoms with van der Waals surface area (Å²) in [6.45, 7) is 0.804. The Morgan fingerprint density at radius 3 is 2.80 bits per heavy atom. The van der Waals surface area contributed by atoms with Crippen molar-refractivity contribution in [3.63, 3.8) is 0 Å². The van der Waals surface area contributed by atoms with Crippen molar-refractivity contribution in [3.8, 4) is 11.8 Å². The molecule has 1 saturated carbocycles. The van der Waals surface area contributed by atoms with Crippen molar-refractivity contribution in [1.29, 1.82) is 5.26 Å². The molecular weight excluding hydrogens is 254 g/mol. The Kier molecular flexibility index (Phi) is 3.27. The first kappa shape index (κ1) is 10.5. The maximum Gasteiger partial charge on any atom is 0.120 e. The van der Waals surface area contributed by atoms with E-state index < -0.39 is 0 Å². The van der Waals surface area contributed by atoms with Crippen molar-refractivity contribution in [1.82, 2.24) is 0 Å². The summed E-state index contributed by atoms with van der Waals surface area (Å²) in [5.74, 6) is 1.58. The maximum atomic E-state index is 8.75. The molecule has 0 radical (unpaired) electrons. The number of halogens is 1. The van der Waals surface area contributed by atoms with Gasteiger partial charge in [0.15, 0.2) is 0 Å². The largest absolute Gasteiger partial charge is 0.493 e. The summed E-state index contributed by atoms with van der Waals surface area (Å²) in [6.07, 6.45) is 3.92. The minimum Gasteiger partial charge on any atom is -0.493 e. The van der Waals surface area contributed by atoms with Crippen LogP contribution in [0.5, 0.6) is 5.75 Å². The summed E-state index contributed by atoms with van der Waals surface area (Å²) in [6, 6.07) is 7.59. The summed E-state index contributed by atoms with van der Waals surface area (Å²) < 4.78 is 6.45. The van der Waals surface area contributed by atoms with Crippen LogP contribution in [-0.2, 0) is 0 Å². The van der Waals surface area contributed by atoms with E-state index >= 15 is 0 Å². The molecule has 0 aromatic heterocycles. The Morgan fingerprint density at radius 2 is 2.27 bits per heavy atom. The number of rotatable bonds is 3. The minimum absolute atomic E-state index is 0.644. The molecule has 0 bridgehead atoms. The molecule has 15 heavy (non-hydrogen) atoms. The average molecular weight is 266 g/mol. The van der Waals surface area contributed by atoms with Crippen LogP contribution in [0.4, 0.5) is 0 Å². The first-order chi connectivity index (χ1) is 7.29. The van der Waals surface area contributed by atoms with Gasteiger partial charge in [0.1, 0.15) is 11.8 Å². The van der Waals surface area contributed by atoms with Crippen LogP contribution in [0.25, 0.3) is 0 Å². The van der Waals surface area contributed by atoms with Gasteiger partial charge < -0.3 is 4.74 Å². The second-order valence-corrected chi connectivity index (χ2v) is 4.72. The van der Waals surface area contributed by atoms with Gasteiger partial charge in [-0.15, -0.1) is 0 Å². The third-order valence-corrected chi connectivity index (χ3v) is 3.43. The van der Waals surface area contributed by atoms with Crippen molar-refractivity contribution in [3.05, 3.63) is 28.2 Å². The van der Waals surface area contributed by atoms with E-state index in [-0.39, 0.29) is 0 Å². The van der Waals surface area contributed by atoms with Gasteiger partial charge >= 0.3 is 0 Å². The number of nitrogens with zero attached hydrogens (tertiary/aromatic N) is 1. The number of nitriles is 1. The van der Waals surface area contributed by atoms with Crippen LogP contribution in [0.2, 0.25) is 0 Å². The standard InChI is InChI=1S/C12H12BrNO/c13-12-6-11(5-4-10(12)7-14)15-8-9-2-1-3-9/h4-6,9H,1-3,8H2. The van der Waals surface area contributed by atoms with Gasteiger partial charge in [0.2, 0.25) is 0 Å². The molecule has 1 aliphatic rings. The van der Waals surface area contributed by atoms with Gasteiger partial charge in [0.25, 0.3) is 0 Å². The van der Waals surface area contributed by atoms with Crippen LogP contribution in [0.3, 0.4) is 0 Å². The van der Waals surface area contributed by atoms with Gasteiger partial charge in [-0.25, -0.2) is 0 Å². The highest BCUT2D eigenvalue weighted by atomic mass is 79.9. The lowest BCUT2D eigenvalue weighted by atomic mass is 9.86. The zero-order chi connectivity index (χ0) is 10.7. The van der Waals surface area contributed by atoms with Crippen molar-refractivity contribution in [2.75, 3.05) is 6.61 Å². The Bertz CT molecular complexity index is 393. The summed E-state index contributed by atoms with van der Waals surface area (Å²) in [7, 11) is 0. The molecular formula is C12H12BrNO. The normalized spacial score (nSPS) is 15.5. The summed E-state index contributed by atoms with van der Waals surface area (Å²) in [4.78, 5) is 0. The first-order valence-electron chi connectivity index (χ1n) is 5.12. The van der Waals surface area contributed by atoms with Gasteiger partial charge in [-0.3, -0.25) is 0 Å². The molecule has 0 saturated heterocycles. The second kappa shape index (κ2) is 4.67. The summed E-state index contributed by atoms with van der Waals surface area (Å²) >= 11 is 3.34. The van der Waals surface area contributed by atoms with E-state index in [4.69, 9.17) is 10.00 Å². The molecule has 2 nitrogen and oxygen atoms in total. The molecule has 2 rings (SSSR count). The quantitative estimate of drug-likeness (QED) is 0.838. The number of hydrogen-bond donors (Lipinski definition) is 0. The van der Waals surface area contributed by atoms with Gasteiger partial charge in [-0.2, -0.15) is 5.26 Å². The van der Waals surface area contributed by atoms with Crippen LogP contribution in [0.1, 0.15) is 24.8 Å². The zero-order valence-corrected chi connectivity index (χ0v) is 9.96. The fourth-order valence-corrected chi connectivity index (χ4v) is 2.00. The first-order valence-corrected chi connectivity index (χ1v) is 5.91. The van der Waals surface area contributed by atoms with Crippen LogP contribution in [0.15, 0.2) is 22.7 Å². The Labute approximate surface area is 98.0 Å². The third kappa shape index (κ3) is 2.51. The number of hydrogen-bond acceptors (Lipinski definition) is 2. The smallest absolute Gasteiger partial charge is 0.120 e. The van der Waals surface area contributed by atoms with E-state index in [0.29, 0.717) is 5.56 Å². The lowest BCUT2D eigenvalue weighted by Gasteiger charge is -2.25. The Balaban J connectivity index is 1.97. The van der Waals surface area contributed by atoms with E-state index in [1.165, 1.54) is 19.3 Å². The molecule has 78 valence electrons. The van der Waals surface area contributed by atoms with Gasteiger partial charge in [-0.05, 0) is 52.9 Å². The number of ether oxygens (including phenoxy) is 1. The van der Waals surface area contributed by atoms with Crippen molar-refractivity contribution in [2.45, 2.75) is 19.3 Å². The Morgan fingerprint density at radius 1 is 1.47 bits per heavy atom. The predicted octanol–water partition coefficient (Wildman–Crippen LogP) is 3.50. The minimum atomic E-state index is 0.644. The zero-order valence-electron chi connectivity index (χ0n) is 8.37. The van der Waals surface area contributed by atoms with E-state index in [0.717, 1.165) is 22.7 Å². The number of benzene rings is 1. The van der Waals surface area contributed by atoms with Crippen LogP contribution >= 0.6 is 15.9 Å². The van der Waals surface area contributed by atoms with Crippen LogP contribution in [0, 0.1) is 17.2 Å². The molecule has 0 N–H and O–H groups in total. The fourth-order valence-electron chi connectivity index (χ4n) is 1.55. The molecule has 0 atom stereocenters. The van der Waals surface area contributed by atoms with E-state index in [1.54, 1.807) is 6.07 Å². The molecule has 0 aliphatic heterocycles. The summed E-state index contributed by atoms with van der Waals surface area (Å²) in [5.41, 5.74) is 0.644. The molecule has 0 amide bonds. The lowest BCUT2D eigenvalue weighted by Crippen LogP contribution is -2.19. The molecule has 1 aliphatic carbocycles. The predicted molar refractivity (Wildman–Crippen MR) is 61.7 cm³/mol. The average Bonchev–Trinajstić information content (AvgIpc) is 2.16. The van der Waals surface area contributed by atoms with Crippen LogP contribution < -0.4 is 4.74 Å². The topological polar surface area (TPSA) is 33.0 Å². The monoisotopic (exact) mass is 265 g/mol. The van der Waals surface area contributed by atoms with Gasteiger partial charge in [-0.1, -0.05) is 6.42 Å². The van der Waals surface area contributed by atoms with Crippen molar-refractivity contribution in [2.24, 2.45) is 5.92 Å². The highest BCUT2D eigenvalue weighted by Gasteiger charge is 2.17. The van der Waals surface area contributed by atoms with E-state index in [2.05, 4.69) is 22.0 Å². The van der Waals surface area contributed by atoms with E-state index in [9.17, 15) is 0 Å². The fraction of sp³-hybridized carbons (Fsp3) is 0.417. The Hall–Kier alpha value is -1.01. The highest BCUT2D eigenvalue weighted by molar-refractivity contribution is 9.10. The highest BCUT2D eigenvalue weighted by Crippen LogP contribution is 2.28. The molecule has 0 spiro atoms. The lowest BCUT2D eigenvalue weighted by molar-refractivity contribution is 0.180. The van der Waals surface area contributed by atoms with Gasteiger partial charge in [0, 0.05) is 4.47 Å². The molecule has 1 aromatic rings. The van der Waals surface area contributed by atoms with Crippen LogP contribution in [-0.4, -0.2) is 6.61 Å². The van der Waals surface area contributed by atoms with E-state index in [1.807, 2.05) is 12.1 Å². The van der Waals surface area contributed by atoms with Crippen molar-refractivity contribution < 1.29 is 4.74 Å². The molecule has 1 fully saturated rings. The second-order valence-electron chi connectivity index (χ2n) is 3.86. The summed E-state index contributed by atoms with van der Waals surface area (Å²) in [5, 5.41) is 8.75. The third-order valence-electron chi connectivity index (χ3n) is 2.77. The SMILES string of the molecule is N#Cc1ccc(OCC2CCC2)cc1Br. The molecule has 0 heterocycles. The van der Waals surface area contributed by atoms with Gasteiger partial charge in [0.05, 0.1) is 12.2 Å².